The SMILES string of the molecule is CCC(=O)Nc1ccc(CC)c(N)c1. The first-order chi connectivity index (χ1) is 6.67. The van der Waals surface area contributed by atoms with Gasteiger partial charge in [-0.15, -0.1) is 0 Å². The Labute approximate surface area is 84.3 Å². The van der Waals surface area contributed by atoms with Crippen LogP contribution in [0.25, 0.3) is 0 Å². The van der Waals surface area contributed by atoms with Crippen LogP contribution in [0.15, 0.2) is 18.2 Å². The van der Waals surface area contributed by atoms with Crippen LogP contribution in [0, 0.1) is 0 Å². The van der Waals surface area contributed by atoms with Gasteiger partial charge in [0.15, 0.2) is 0 Å². The molecule has 0 fully saturated rings. The second-order valence-corrected chi connectivity index (χ2v) is 3.17. The van der Waals surface area contributed by atoms with Gasteiger partial charge in [-0.05, 0) is 24.1 Å². The summed E-state index contributed by atoms with van der Waals surface area (Å²) in [5, 5.41) is 2.76. The first kappa shape index (κ1) is 10.6. The molecule has 0 radical (unpaired) electrons. The predicted octanol–water partition coefficient (Wildman–Crippen LogP) is 2.18. The minimum atomic E-state index is 0.00801. The molecule has 0 unspecified atom stereocenters. The van der Waals surface area contributed by atoms with E-state index in [4.69, 9.17) is 5.73 Å². The normalized spacial score (nSPS) is 9.86. The van der Waals surface area contributed by atoms with Crippen molar-refractivity contribution < 1.29 is 4.79 Å². The Kier molecular flexibility index (Phi) is 3.51. The van der Waals surface area contributed by atoms with Gasteiger partial charge in [0.1, 0.15) is 0 Å². The molecule has 1 amide bonds. The molecule has 0 aliphatic carbocycles. The number of benzene rings is 1. The van der Waals surface area contributed by atoms with Crippen molar-refractivity contribution in [3.8, 4) is 0 Å². The number of amides is 1. The molecule has 3 nitrogen and oxygen atoms in total. The molecule has 0 aromatic heterocycles. The van der Waals surface area contributed by atoms with Crippen molar-refractivity contribution in [2.45, 2.75) is 26.7 Å². The molecule has 0 bridgehead atoms. The van der Waals surface area contributed by atoms with Crippen molar-refractivity contribution >= 4 is 17.3 Å². The number of hydrogen-bond donors (Lipinski definition) is 2. The van der Waals surface area contributed by atoms with E-state index in [1.165, 1.54) is 0 Å². The standard InChI is InChI=1S/C11H16N2O/c1-3-8-5-6-9(7-10(8)12)13-11(14)4-2/h5-7H,3-4,12H2,1-2H3,(H,13,14). The average molecular weight is 192 g/mol. The van der Waals surface area contributed by atoms with E-state index < -0.39 is 0 Å². The highest BCUT2D eigenvalue weighted by Crippen LogP contribution is 2.18. The lowest BCUT2D eigenvalue weighted by Gasteiger charge is -2.07. The summed E-state index contributed by atoms with van der Waals surface area (Å²) in [6, 6.07) is 5.62. The largest absolute Gasteiger partial charge is 0.398 e. The Morgan fingerprint density at radius 1 is 1.43 bits per heavy atom. The molecule has 0 saturated heterocycles. The van der Waals surface area contributed by atoms with E-state index in [2.05, 4.69) is 12.2 Å². The summed E-state index contributed by atoms with van der Waals surface area (Å²) >= 11 is 0. The summed E-state index contributed by atoms with van der Waals surface area (Å²) in [6.07, 6.45) is 1.39. The van der Waals surface area contributed by atoms with Crippen molar-refractivity contribution in [3.05, 3.63) is 23.8 Å². The molecule has 0 spiro atoms. The summed E-state index contributed by atoms with van der Waals surface area (Å²) in [5.41, 5.74) is 8.42. The van der Waals surface area contributed by atoms with Gasteiger partial charge in [0.25, 0.3) is 0 Å². The van der Waals surface area contributed by atoms with Crippen LogP contribution in [-0.4, -0.2) is 5.91 Å². The number of anilines is 2. The fourth-order valence-corrected chi connectivity index (χ4v) is 1.24. The van der Waals surface area contributed by atoms with Gasteiger partial charge in [0, 0.05) is 17.8 Å². The third-order valence-corrected chi connectivity index (χ3v) is 2.13. The highest BCUT2D eigenvalue weighted by Gasteiger charge is 2.01. The van der Waals surface area contributed by atoms with E-state index in [0.717, 1.165) is 23.4 Å². The molecule has 0 saturated carbocycles. The average Bonchev–Trinajstić information content (AvgIpc) is 2.18. The molecule has 0 heterocycles. The first-order valence-electron chi connectivity index (χ1n) is 4.85. The van der Waals surface area contributed by atoms with Gasteiger partial charge in [-0.1, -0.05) is 19.9 Å². The molecular weight excluding hydrogens is 176 g/mol. The van der Waals surface area contributed by atoms with Crippen LogP contribution in [0.2, 0.25) is 0 Å². The van der Waals surface area contributed by atoms with E-state index in [1.54, 1.807) is 6.07 Å². The van der Waals surface area contributed by atoms with E-state index in [9.17, 15) is 4.79 Å². The van der Waals surface area contributed by atoms with E-state index >= 15 is 0 Å². The molecular formula is C11H16N2O. The van der Waals surface area contributed by atoms with Gasteiger partial charge >= 0.3 is 0 Å². The number of hydrogen-bond acceptors (Lipinski definition) is 2. The number of nitrogens with two attached hydrogens (primary N) is 1. The first-order valence-corrected chi connectivity index (χ1v) is 4.85. The van der Waals surface area contributed by atoms with Crippen LogP contribution in [0.1, 0.15) is 25.8 Å². The zero-order valence-corrected chi connectivity index (χ0v) is 8.63. The van der Waals surface area contributed by atoms with Crippen molar-refractivity contribution in [1.82, 2.24) is 0 Å². The summed E-state index contributed by atoms with van der Waals surface area (Å²) in [4.78, 5) is 11.1. The van der Waals surface area contributed by atoms with E-state index in [-0.39, 0.29) is 5.91 Å². The molecule has 3 heteroatoms. The number of aryl methyl sites for hydroxylation is 1. The highest BCUT2D eigenvalue weighted by molar-refractivity contribution is 5.91. The molecule has 0 aliphatic heterocycles. The number of carbonyl (C=O) groups excluding carboxylic acids is 1. The van der Waals surface area contributed by atoms with Gasteiger partial charge < -0.3 is 11.1 Å². The molecule has 1 rings (SSSR count). The lowest BCUT2D eigenvalue weighted by molar-refractivity contribution is -0.115. The maximum Gasteiger partial charge on any atom is 0.224 e. The third-order valence-electron chi connectivity index (χ3n) is 2.13. The zero-order valence-electron chi connectivity index (χ0n) is 8.63. The molecule has 0 atom stereocenters. The number of carbonyl (C=O) groups is 1. The van der Waals surface area contributed by atoms with Crippen LogP contribution < -0.4 is 11.1 Å². The predicted molar refractivity (Wildman–Crippen MR) is 59.2 cm³/mol. The Morgan fingerprint density at radius 2 is 2.14 bits per heavy atom. The Bertz CT molecular complexity index is 334. The van der Waals surface area contributed by atoms with Gasteiger partial charge in [-0.3, -0.25) is 4.79 Å². The number of nitrogen functional groups attached to an aromatic ring is 1. The van der Waals surface area contributed by atoms with Crippen LogP contribution in [0.5, 0.6) is 0 Å². The quantitative estimate of drug-likeness (QED) is 0.721. The van der Waals surface area contributed by atoms with E-state index in [0.29, 0.717) is 6.42 Å². The van der Waals surface area contributed by atoms with Crippen LogP contribution in [-0.2, 0) is 11.2 Å². The maximum absolute atomic E-state index is 11.1. The Balaban J connectivity index is 2.81. The topological polar surface area (TPSA) is 55.1 Å². The fourth-order valence-electron chi connectivity index (χ4n) is 1.24. The van der Waals surface area contributed by atoms with Gasteiger partial charge in [-0.25, -0.2) is 0 Å². The molecule has 0 aliphatic rings. The summed E-state index contributed by atoms with van der Waals surface area (Å²) in [6.45, 7) is 3.87. The Morgan fingerprint density at radius 3 is 2.64 bits per heavy atom. The van der Waals surface area contributed by atoms with Crippen LogP contribution in [0.4, 0.5) is 11.4 Å². The Hall–Kier alpha value is -1.51. The number of nitrogens with one attached hydrogen (secondary N) is 1. The molecule has 1 aromatic rings. The minimum Gasteiger partial charge on any atom is -0.398 e. The number of rotatable bonds is 3. The van der Waals surface area contributed by atoms with Crippen molar-refractivity contribution in [3.63, 3.8) is 0 Å². The van der Waals surface area contributed by atoms with Gasteiger partial charge in [0.2, 0.25) is 5.91 Å². The van der Waals surface area contributed by atoms with Gasteiger partial charge in [-0.2, -0.15) is 0 Å². The van der Waals surface area contributed by atoms with Crippen molar-refractivity contribution in [2.75, 3.05) is 11.1 Å². The minimum absolute atomic E-state index is 0.00801. The van der Waals surface area contributed by atoms with Crippen LogP contribution >= 0.6 is 0 Å². The summed E-state index contributed by atoms with van der Waals surface area (Å²) in [5.74, 6) is 0.00801. The monoisotopic (exact) mass is 192 g/mol. The van der Waals surface area contributed by atoms with Gasteiger partial charge in [0.05, 0.1) is 0 Å². The molecule has 14 heavy (non-hydrogen) atoms. The van der Waals surface area contributed by atoms with Crippen LogP contribution in [0.3, 0.4) is 0 Å². The molecule has 1 aromatic carbocycles. The van der Waals surface area contributed by atoms with Crippen molar-refractivity contribution in [2.24, 2.45) is 0 Å². The lowest BCUT2D eigenvalue weighted by atomic mass is 10.1. The third kappa shape index (κ3) is 2.49. The molecule has 76 valence electrons. The zero-order chi connectivity index (χ0) is 10.6. The summed E-state index contributed by atoms with van der Waals surface area (Å²) in [7, 11) is 0. The second-order valence-electron chi connectivity index (χ2n) is 3.17. The second kappa shape index (κ2) is 4.65. The summed E-state index contributed by atoms with van der Waals surface area (Å²) < 4.78 is 0. The maximum atomic E-state index is 11.1. The molecule has 3 N–H and O–H groups in total. The lowest BCUT2D eigenvalue weighted by Crippen LogP contribution is -2.09. The smallest absolute Gasteiger partial charge is 0.224 e. The van der Waals surface area contributed by atoms with Crippen molar-refractivity contribution in [1.29, 1.82) is 0 Å². The highest BCUT2D eigenvalue weighted by atomic mass is 16.1. The fraction of sp³-hybridized carbons (Fsp3) is 0.364. The van der Waals surface area contributed by atoms with E-state index in [1.807, 2.05) is 19.1 Å².